The minimum absolute atomic E-state index is 0.234. The van der Waals surface area contributed by atoms with Gasteiger partial charge in [0, 0.05) is 5.56 Å². The highest BCUT2D eigenvalue weighted by Gasteiger charge is 2.18. The van der Waals surface area contributed by atoms with Crippen LogP contribution in [0.5, 0.6) is 11.5 Å². The number of thiazole rings is 1. The molecule has 0 atom stereocenters. The fourth-order valence-electron chi connectivity index (χ4n) is 2.60. The molecule has 1 aromatic heterocycles. The Labute approximate surface area is 166 Å². The van der Waals surface area contributed by atoms with Gasteiger partial charge >= 0.3 is 0 Å². The maximum absolute atomic E-state index is 12.7. The summed E-state index contributed by atoms with van der Waals surface area (Å²) in [5.74, 6) is 1.02. The predicted octanol–water partition coefficient (Wildman–Crippen LogP) is 5.35. The largest absolute Gasteiger partial charge is 0.493 e. The number of hydrogen-bond donors (Lipinski definition) is 1. The number of benzene rings is 2. The fraction of sp³-hybridized carbons (Fsp3) is 0.200. The van der Waals surface area contributed by atoms with E-state index in [9.17, 15) is 4.79 Å². The second kappa shape index (κ2) is 7.98. The van der Waals surface area contributed by atoms with Gasteiger partial charge in [0.15, 0.2) is 11.5 Å². The molecule has 1 N–H and O–H groups in total. The number of rotatable bonds is 5. The van der Waals surface area contributed by atoms with Crippen molar-refractivity contribution in [2.45, 2.75) is 13.8 Å². The average molecular weight is 403 g/mol. The molecule has 0 aliphatic carbocycles. The van der Waals surface area contributed by atoms with Crippen LogP contribution in [0.4, 0.5) is 5.69 Å². The van der Waals surface area contributed by atoms with Gasteiger partial charge in [-0.05, 0) is 49.7 Å². The summed E-state index contributed by atoms with van der Waals surface area (Å²) < 4.78 is 10.6. The number of halogens is 1. The third-order valence-electron chi connectivity index (χ3n) is 4.01. The first-order valence-electron chi connectivity index (χ1n) is 8.20. The maximum atomic E-state index is 12.7. The quantitative estimate of drug-likeness (QED) is 0.624. The number of nitrogens with one attached hydrogen (secondary N) is 1. The maximum Gasteiger partial charge on any atom is 0.267 e. The number of amides is 1. The summed E-state index contributed by atoms with van der Waals surface area (Å²) in [6.45, 7) is 3.76. The van der Waals surface area contributed by atoms with Gasteiger partial charge in [0.05, 0.1) is 30.6 Å². The number of aromatic nitrogens is 1. The number of carbonyl (C=O) groups excluding carboxylic acids is 1. The first-order valence-corrected chi connectivity index (χ1v) is 9.39. The Morgan fingerprint density at radius 2 is 1.81 bits per heavy atom. The van der Waals surface area contributed by atoms with Gasteiger partial charge in [0.25, 0.3) is 5.91 Å². The molecule has 1 heterocycles. The topological polar surface area (TPSA) is 60.5 Å². The van der Waals surface area contributed by atoms with Crippen LogP contribution in [0, 0.1) is 13.8 Å². The molecule has 0 spiro atoms. The molecule has 0 radical (unpaired) electrons. The molecule has 3 aromatic rings. The van der Waals surface area contributed by atoms with E-state index in [4.69, 9.17) is 21.1 Å². The van der Waals surface area contributed by atoms with Gasteiger partial charge in [-0.15, -0.1) is 11.3 Å². The average Bonchev–Trinajstić information content (AvgIpc) is 3.05. The molecule has 5 nitrogen and oxygen atoms in total. The van der Waals surface area contributed by atoms with E-state index in [2.05, 4.69) is 10.3 Å². The van der Waals surface area contributed by atoms with Crippen molar-refractivity contribution in [1.82, 2.24) is 4.98 Å². The zero-order chi connectivity index (χ0) is 19.6. The summed E-state index contributed by atoms with van der Waals surface area (Å²) in [6.07, 6.45) is 0. The van der Waals surface area contributed by atoms with E-state index in [1.54, 1.807) is 20.3 Å². The highest BCUT2D eigenvalue weighted by Crippen LogP contribution is 2.35. The molecule has 0 saturated carbocycles. The standard InChI is InChI=1S/C20H19ClN2O3S/c1-11-5-7-15(14(21)9-11)23-19(24)18-12(2)22-20(27-18)13-6-8-16(25-3)17(10-13)26-4/h5-10H,1-4H3,(H,23,24). The van der Waals surface area contributed by atoms with Crippen molar-refractivity contribution in [3.05, 3.63) is 57.6 Å². The molecule has 2 aromatic carbocycles. The van der Waals surface area contributed by atoms with Crippen molar-refractivity contribution < 1.29 is 14.3 Å². The third kappa shape index (κ3) is 4.07. The van der Waals surface area contributed by atoms with Crippen LogP contribution in [0.3, 0.4) is 0 Å². The van der Waals surface area contributed by atoms with Crippen molar-refractivity contribution >= 4 is 34.5 Å². The lowest BCUT2D eigenvalue weighted by Gasteiger charge is -2.08. The SMILES string of the molecule is COc1ccc(-c2nc(C)c(C(=O)Nc3ccc(C)cc3Cl)s2)cc1OC. The molecular formula is C20H19ClN2O3S. The van der Waals surface area contributed by atoms with Gasteiger partial charge < -0.3 is 14.8 Å². The zero-order valence-corrected chi connectivity index (χ0v) is 17.0. The highest BCUT2D eigenvalue weighted by molar-refractivity contribution is 7.17. The Morgan fingerprint density at radius 1 is 1.07 bits per heavy atom. The number of hydrogen-bond acceptors (Lipinski definition) is 5. The third-order valence-corrected chi connectivity index (χ3v) is 5.52. The number of methoxy groups -OCH3 is 2. The summed E-state index contributed by atoms with van der Waals surface area (Å²) in [5.41, 5.74) is 3.12. The van der Waals surface area contributed by atoms with E-state index < -0.39 is 0 Å². The number of ether oxygens (including phenoxy) is 2. The molecule has 0 aliphatic heterocycles. The van der Waals surface area contributed by atoms with Crippen LogP contribution in [0.25, 0.3) is 10.6 Å². The molecule has 140 valence electrons. The molecule has 27 heavy (non-hydrogen) atoms. The van der Waals surface area contributed by atoms with Gasteiger partial charge in [-0.1, -0.05) is 17.7 Å². The monoisotopic (exact) mass is 402 g/mol. The van der Waals surface area contributed by atoms with Crippen molar-refractivity contribution in [2.24, 2.45) is 0 Å². The van der Waals surface area contributed by atoms with E-state index in [0.717, 1.165) is 16.1 Å². The van der Waals surface area contributed by atoms with Crippen LogP contribution in [0.2, 0.25) is 5.02 Å². The molecule has 0 unspecified atom stereocenters. The van der Waals surface area contributed by atoms with E-state index >= 15 is 0 Å². The Balaban J connectivity index is 1.89. The smallest absolute Gasteiger partial charge is 0.267 e. The fourth-order valence-corrected chi connectivity index (χ4v) is 3.84. The minimum atomic E-state index is -0.234. The van der Waals surface area contributed by atoms with Gasteiger partial charge in [0.1, 0.15) is 9.88 Å². The number of carbonyl (C=O) groups is 1. The van der Waals surface area contributed by atoms with E-state index in [1.165, 1.54) is 11.3 Å². The van der Waals surface area contributed by atoms with Crippen LogP contribution in [-0.4, -0.2) is 25.1 Å². The lowest BCUT2D eigenvalue weighted by atomic mass is 10.2. The van der Waals surface area contributed by atoms with Crippen molar-refractivity contribution in [3.63, 3.8) is 0 Å². The Hall–Kier alpha value is -2.57. The Kier molecular flexibility index (Phi) is 5.68. The zero-order valence-electron chi connectivity index (χ0n) is 15.4. The van der Waals surface area contributed by atoms with E-state index in [-0.39, 0.29) is 5.91 Å². The molecule has 0 saturated heterocycles. The van der Waals surface area contributed by atoms with Gasteiger partial charge in [-0.25, -0.2) is 4.98 Å². The summed E-state index contributed by atoms with van der Waals surface area (Å²) in [5, 5.41) is 4.09. The molecular weight excluding hydrogens is 384 g/mol. The van der Waals surface area contributed by atoms with Crippen molar-refractivity contribution in [3.8, 4) is 22.1 Å². The van der Waals surface area contributed by atoms with Crippen LogP contribution < -0.4 is 14.8 Å². The van der Waals surface area contributed by atoms with Crippen molar-refractivity contribution in [1.29, 1.82) is 0 Å². The van der Waals surface area contributed by atoms with Gasteiger partial charge in [-0.2, -0.15) is 0 Å². The Bertz CT molecular complexity index is 1000. The summed E-state index contributed by atoms with van der Waals surface area (Å²) >= 11 is 7.53. The van der Waals surface area contributed by atoms with E-state index in [1.807, 2.05) is 44.2 Å². The summed E-state index contributed by atoms with van der Waals surface area (Å²) in [6, 6.07) is 11.0. The van der Waals surface area contributed by atoms with Crippen LogP contribution in [-0.2, 0) is 0 Å². The molecule has 0 fully saturated rings. The lowest BCUT2D eigenvalue weighted by molar-refractivity contribution is 0.103. The lowest BCUT2D eigenvalue weighted by Crippen LogP contribution is -2.11. The number of nitrogens with zero attached hydrogens (tertiary/aromatic N) is 1. The van der Waals surface area contributed by atoms with Crippen LogP contribution in [0.1, 0.15) is 20.9 Å². The minimum Gasteiger partial charge on any atom is -0.493 e. The number of aryl methyl sites for hydroxylation is 2. The second-order valence-corrected chi connectivity index (χ2v) is 7.35. The van der Waals surface area contributed by atoms with Gasteiger partial charge in [0.2, 0.25) is 0 Å². The molecule has 0 bridgehead atoms. The molecule has 7 heteroatoms. The van der Waals surface area contributed by atoms with E-state index in [0.29, 0.717) is 32.8 Å². The first kappa shape index (κ1) is 19.2. The first-order chi connectivity index (χ1) is 12.9. The second-order valence-electron chi connectivity index (χ2n) is 5.94. The highest BCUT2D eigenvalue weighted by atomic mass is 35.5. The molecule has 3 rings (SSSR count). The summed E-state index contributed by atoms with van der Waals surface area (Å²) in [7, 11) is 3.17. The van der Waals surface area contributed by atoms with Crippen LogP contribution >= 0.6 is 22.9 Å². The number of anilines is 1. The molecule has 0 aliphatic rings. The van der Waals surface area contributed by atoms with Crippen LogP contribution in [0.15, 0.2) is 36.4 Å². The summed E-state index contributed by atoms with van der Waals surface area (Å²) in [4.78, 5) is 17.8. The Morgan fingerprint density at radius 3 is 2.48 bits per heavy atom. The van der Waals surface area contributed by atoms with Gasteiger partial charge in [-0.3, -0.25) is 4.79 Å². The normalized spacial score (nSPS) is 10.6. The van der Waals surface area contributed by atoms with Crippen molar-refractivity contribution in [2.75, 3.05) is 19.5 Å². The molecule has 1 amide bonds. The predicted molar refractivity (Wildman–Crippen MR) is 110 cm³/mol.